The van der Waals surface area contributed by atoms with Gasteiger partial charge in [-0.05, 0) is 123 Å². The van der Waals surface area contributed by atoms with Crippen molar-refractivity contribution in [2.24, 2.45) is 0 Å². The molecule has 0 aliphatic heterocycles. The molecule has 29 rings (SSSR count). The molecule has 21 heteroatoms. The zero-order valence-electron chi connectivity index (χ0n) is 74.1. The number of rotatable bonds is 14. The van der Waals surface area contributed by atoms with Crippen LogP contribution in [0.15, 0.2) is 419 Å². The summed E-state index contributed by atoms with van der Waals surface area (Å²) < 4.78 is 27.9. The van der Waals surface area contributed by atoms with Crippen molar-refractivity contribution in [3.63, 3.8) is 0 Å². The second-order valence-electron chi connectivity index (χ2n) is 33.6. The van der Waals surface area contributed by atoms with Gasteiger partial charge in [-0.2, -0.15) is 18.2 Å². The van der Waals surface area contributed by atoms with E-state index in [4.69, 9.17) is 29.4 Å². The molecule has 0 aliphatic rings. The van der Waals surface area contributed by atoms with Crippen molar-refractivity contribution < 1.29 is 72.7 Å². The molecule has 0 spiro atoms. The molecule has 141 heavy (non-hydrogen) atoms. The van der Waals surface area contributed by atoms with E-state index >= 15 is 0 Å². The first kappa shape index (κ1) is 87.9. The van der Waals surface area contributed by atoms with E-state index < -0.39 is 0 Å². The predicted molar refractivity (Wildman–Crippen MR) is 562 cm³/mol. The minimum absolute atomic E-state index is 0. The molecular formula is C120H69N13O2Pt3S3. The Morgan fingerprint density at radius 2 is 0.475 bits per heavy atom. The summed E-state index contributed by atoms with van der Waals surface area (Å²) >= 11 is 5.03. The number of para-hydroxylation sites is 10. The second-order valence-corrected chi connectivity index (χ2v) is 36.6. The van der Waals surface area contributed by atoms with Crippen molar-refractivity contribution in [1.82, 2.24) is 61.9 Å². The first-order valence-electron chi connectivity index (χ1n) is 45.3. The SMILES string of the molecule is [Pt+2].[Pt+2].[Pt+2].[c-]1c(-c2ncc(-n3c4ccccc4c4ccccc43)s2)ccc2c3ccccc3n(-c3[c-]c4c(cc3)c3ccccc3n4-c3ccccn3)c12.[c-]1c(-c2ncc(-n3c4ccccc4c4ccccc43)s2)cccc1-n1c2[c-]c(Oc3ccccn3)ccc2c2ccccc21.[c-]1c(Oc2ccccn2)cccc1-n1c2[c-]c(-c3ncc(-n4c5ccccc5c5ccccc54)s3)ccc2c2ccccc21. The molecule has 29 aromatic rings. The van der Waals surface area contributed by atoms with Crippen LogP contribution < -0.4 is 9.47 Å². The first-order valence-corrected chi connectivity index (χ1v) is 47.7. The fourth-order valence-electron chi connectivity index (χ4n) is 19.8. The number of benzene rings is 16. The number of ether oxygens (including phenoxy) is 2. The maximum Gasteiger partial charge on any atom is 2.00 e. The molecule has 13 heterocycles. The molecule has 0 aliphatic carbocycles. The topological polar surface area (TPSA) is 130 Å². The molecule has 0 saturated carbocycles. The van der Waals surface area contributed by atoms with Crippen LogP contribution in [0.25, 0.3) is 222 Å². The number of hydrogen-bond acceptors (Lipinski definition) is 11. The van der Waals surface area contributed by atoms with Gasteiger partial charge < -0.3 is 27.7 Å². The zero-order valence-corrected chi connectivity index (χ0v) is 83.4. The van der Waals surface area contributed by atoms with E-state index in [-0.39, 0.29) is 63.2 Å². The van der Waals surface area contributed by atoms with Crippen LogP contribution in [-0.4, -0.2) is 61.9 Å². The average Bonchev–Trinajstić information content (AvgIpc) is 1.57. The minimum atomic E-state index is 0. The normalized spacial score (nSPS) is 11.5. The molecule has 0 fully saturated rings. The molecule has 16 aromatic carbocycles. The Morgan fingerprint density at radius 3 is 0.844 bits per heavy atom. The molecule has 15 nitrogen and oxygen atoms in total. The molecule has 13 aromatic heterocycles. The third-order valence-corrected chi connectivity index (χ3v) is 28.8. The third kappa shape index (κ3) is 15.2. The number of hydrogen-bond donors (Lipinski definition) is 0. The van der Waals surface area contributed by atoms with Crippen molar-refractivity contribution in [2.45, 2.75) is 0 Å². The summed E-state index contributed by atoms with van der Waals surface area (Å²) in [6.07, 6.45) is 11.2. The monoisotopic (exact) mass is 2400 g/mol. The number of aromatic nitrogens is 13. The zero-order chi connectivity index (χ0) is 90.8. The molecule has 0 bridgehead atoms. The van der Waals surface area contributed by atoms with E-state index in [1.54, 1.807) is 46.4 Å². The Balaban J connectivity index is 0.000000114. The molecule has 0 amide bonds. The predicted octanol–water partition coefficient (Wildman–Crippen LogP) is 30.7. The van der Waals surface area contributed by atoms with Crippen LogP contribution in [0.2, 0.25) is 0 Å². The van der Waals surface area contributed by atoms with Crippen LogP contribution in [-0.2, 0) is 63.2 Å². The van der Waals surface area contributed by atoms with E-state index in [2.05, 4.69) is 388 Å². The summed E-state index contributed by atoms with van der Waals surface area (Å²) in [6.45, 7) is 0. The second kappa shape index (κ2) is 36.8. The molecule has 0 N–H and O–H groups in total. The molecule has 0 saturated heterocycles. The van der Waals surface area contributed by atoms with Crippen molar-refractivity contribution in [3.05, 3.63) is 456 Å². The summed E-state index contributed by atoms with van der Waals surface area (Å²) in [5, 5.41) is 22.5. The van der Waals surface area contributed by atoms with Gasteiger partial charge in [-0.25, -0.2) is 15.0 Å². The van der Waals surface area contributed by atoms with Crippen molar-refractivity contribution in [1.29, 1.82) is 0 Å². The maximum atomic E-state index is 6.06. The van der Waals surface area contributed by atoms with Crippen LogP contribution in [0.1, 0.15) is 0 Å². The van der Waals surface area contributed by atoms with E-state index in [0.717, 1.165) is 146 Å². The van der Waals surface area contributed by atoms with Gasteiger partial charge in [0, 0.05) is 112 Å². The maximum absolute atomic E-state index is 6.06. The number of pyridine rings is 3. The Labute approximate surface area is 861 Å². The third-order valence-electron chi connectivity index (χ3n) is 25.7. The summed E-state index contributed by atoms with van der Waals surface area (Å²) in [5.74, 6) is 3.12. The van der Waals surface area contributed by atoms with E-state index in [0.29, 0.717) is 23.3 Å². The Morgan fingerprint density at radius 1 is 0.191 bits per heavy atom. The Kier molecular flexibility index (Phi) is 22.9. The quantitative estimate of drug-likeness (QED) is 0.0984. The van der Waals surface area contributed by atoms with Crippen LogP contribution >= 0.6 is 34.0 Å². The van der Waals surface area contributed by atoms with Gasteiger partial charge >= 0.3 is 63.2 Å². The number of thiazole rings is 3. The van der Waals surface area contributed by atoms with E-state index in [1.807, 2.05) is 97.6 Å². The largest absolute Gasteiger partial charge is 2.00 e. The van der Waals surface area contributed by atoms with Gasteiger partial charge in [0.25, 0.3) is 0 Å². The molecule has 0 atom stereocenters. The summed E-state index contributed by atoms with van der Waals surface area (Å²) in [7, 11) is 0. The van der Waals surface area contributed by atoms with Crippen molar-refractivity contribution in [3.8, 4) is 92.9 Å². The van der Waals surface area contributed by atoms with Gasteiger partial charge in [0.05, 0.1) is 51.7 Å². The number of nitrogens with zero attached hydrogens (tertiary/aromatic N) is 13. The fraction of sp³-hybridized carbons (Fsp3) is 0. The summed E-state index contributed by atoms with van der Waals surface area (Å²) in [4.78, 5) is 28.1. The Hall–Kier alpha value is -15.9. The van der Waals surface area contributed by atoms with Gasteiger partial charge in [0.1, 0.15) is 20.8 Å². The van der Waals surface area contributed by atoms with E-state index in [9.17, 15) is 0 Å². The molecule has 0 radical (unpaired) electrons. The average molecular weight is 2410 g/mol. The fourth-order valence-corrected chi connectivity index (χ4v) is 22.6. The minimum Gasteiger partial charge on any atom is -0.466 e. The van der Waals surface area contributed by atoms with Crippen LogP contribution in [0.4, 0.5) is 0 Å². The van der Waals surface area contributed by atoms with Gasteiger partial charge in [-0.1, -0.05) is 233 Å². The van der Waals surface area contributed by atoms with Gasteiger partial charge in [-0.3, -0.25) is 28.7 Å². The van der Waals surface area contributed by atoms with Gasteiger partial charge in [-0.15, -0.1) is 165 Å². The van der Waals surface area contributed by atoms with Gasteiger partial charge in [0.2, 0.25) is 11.8 Å². The van der Waals surface area contributed by atoms with Crippen molar-refractivity contribution >= 4 is 187 Å². The number of fused-ring (bicyclic) bond motifs is 21. The van der Waals surface area contributed by atoms with Crippen LogP contribution in [0.3, 0.4) is 0 Å². The Bertz CT molecular complexity index is 9720. The summed E-state index contributed by atoms with van der Waals surface area (Å²) in [6, 6.07) is 154. The van der Waals surface area contributed by atoms with Crippen molar-refractivity contribution in [2.75, 3.05) is 0 Å². The van der Waals surface area contributed by atoms with Gasteiger partial charge in [0.15, 0.2) is 0 Å². The van der Waals surface area contributed by atoms with Crippen LogP contribution in [0, 0.1) is 36.4 Å². The van der Waals surface area contributed by atoms with Crippen LogP contribution in [0.5, 0.6) is 23.3 Å². The molecule has 0 unspecified atom stereocenters. The molecular weight excluding hydrogens is 2340 g/mol. The molecule has 674 valence electrons. The van der Waals surface area contributed by atoms with E-state index in [1.165, 1.54) is 76.2 Å². The first-order chi connectivity index (χ1) is 68.4. The summed E-state index contributed by atoms with van der Waals surface area (Å²) in [5.41, 5.74) is 20.8. The standard InChI is InChI=1S/C44H25N5S.2C38H22N4OS.3Pt/c1-5-15-36-32(13-1)34-22-20-28(44-46-27-43(50-44)49-38-17-7-3-11-30(38)31-12-4-8-18-39(31)49)25-40(34)47(36)29-21-23-35-33-14-2-6-16-37(33)48(41(35)26-29)42-19-9-10-24-45-42;1-4-15-32-30(14-1)31-20-19-25(22-35(31)41(32)26-10-9-11-27(23-26)43-36-18-7-8-21-39-36)38-40-24-37(44-38)42-33-16-5-2-12-28(33)29-13-3-6-17-34(29)42;1-4-15-32-30(14-1)31-20-19-27(43-36-18-7-8-21-39-36)23-35(31)41(32)26-11-9-10-25(22-26)38-40-24-37(44-38)42-33-16-5-2-12-28(33)29-13-3-6-17-34(29)42;;;/h1-24,27H;2*1-21,24H;;;/q3*-2;3*+2. The smallest absolute Gasteiger partial charge is 0.466 e.